The predicted molar refractivity (Wildman–Crippen MR) is 109 cm³/mol. The van der Waals surface area contributed by atoms with Crippen molar-refractivity contribution in [3.63, 3.8) is 0 Å². The molecule has 8 heteroatoms. The Morgan fingerprint density at radius 2 is 1.87 bits per heavy atom. The first-order valence-corrected chi connectivity index (χ1v) is 10.9. The third kappa shape index (κ3) is 5.22. The minimum absolute atomic E-state index is 0.00117. The topological polar surface area (TPSA) is 58.6 Å². The Morgan fingerprint density at radius 3 is 2.48 bits per heavy atom. The molecule has 0 spiro atoms. The van der Waals surface area contributed by atoms with Gasteiger partial charge in [0.2, 0.25) is 0 Å². The molecule has 5 rings (SSSR count). The van der Waals surface area contributed by atoms with Gasteiger partial charge in [-0.25, -0.2) is 0 Å². The second-order valence-electron chi connectivity index (χ2n) is 8.73. The summed E-state index contributed by atoms with van der Waals surface area (Å²) in [4.78, 5) is 24.8. The maximum atomic E-state index is 12.6. The van der Waals surface area contributed by atoms with Crippen molar-refractivity contribution in [2.75, 3.05) is 19.6 Å². The van der Waals surface area contributed by atoms with Crippen LogP contribution in [0.3, 0.4) is 0 Å². The summed E-state index contributed by atoms with van der Waals surface area (Å²) in [6.07, 6.45) is 3.65. The number of halogens is 3. The molecule has 3 unspecified atom stereocenters. The van der Waals surface area contributed by atoms with Crippen LogP contribution in [-0.2, 0) is 4.79 Å². The zero-order valence-corrected chi connectivity index (χ0v) is 17.2. The Bertz CT molecular complexity index is 847. The molecular formula is C23H27F3N2O3. The van der Waals surface area contributed by atoms with Crippen LogP contribution in [0, 0.1) is 17.8 Å². The standard InChI is InChI=1S/C23H27F3N2O3/c24-23(25,26)22(30)28-10-8-19(9-11-28)31-20-3-1-2-17(13-20)21(29)27-14-18-12-15-4-6-16(18)7-5-15/h1-4,6,13,15-16,18-19H,5,7-12,14H2,(H,27,29). The number of allylic oxidation sites excluding steroid dienone is 2. The molecule has 3 aliphatic carbocycles. The van der Waals surface area contributed by atoms with E-state index in [0.717, 1.165) is 11.3 Å². The Labute approximate surface area is 179 Å². The lowest BCUT2D eigenvalue weighted by molar-refractivity contribution is -0.187. The summed E-state index contributed by atoms with van der Waals surface area (Å²) < 4.78 is 43.6. The fourth-order valence-electron chi connectivity index (χ4n) is 4.87. The smallest absolute Gasteiger partial charge is 0.471 e. The van der Waals surface area contributed by atoms with Gasteiger partial charge in [-0.1, -0.05) is 18.2 Å². The lowest BCUT2D eigenvalue weighted by Crippen LogP contribution is -2.47. The molecular weight excluding hydrogens is 409 g/mol. The fourth-order valence-corrected chi connectivity index (χ4v) is 4.87. The molecule has 0 radical (unpaired) electrons. The Kier molecular flexibility index (Phi) is 6.25. The van der Waals surface area contributed by atoms with Crippen molar-refractivity contribution < 1.29 is 27.5 Å². The van der Waals surface area contributed by atoms with Crippen LogP contribution in [0.2, 0.25) is 0 Å². The average molecular weight is 436 g/mol. The number of nitrogens with zero attached hydrogens (tertiary/aromatic N) is 1. The molecule has 1 aliphatic heterocycles. The number of nitrogens with one attached hydrogen (secondary N) is 1. The molecule has 0 aromatic heterocycles. The number of likely N-dealkylation sites (tertiary alicyclic amines) is 1. The van der Waals surface area contributed by atoms with E-state index in [4.69, 9.17) is 4.74 Å². The maximum absolute atomic E-state index is 12.6. The second-order valence-corrected chi connectivity index (χ2v) is 8.73. The minimum atomic E-state index is -4.84. The molecule has 2 amide bonds. The molecule has 1 N–H and O–H groups in total. The van der Waals surface area contributed by atoms with Gasteiger partial charge in [-0.2, -0.15) is 13.2 Å². The third-order valence-electron chi connectivity index (χ3n) is 6.61. The van der Waals surface area contributed by atoms with Crippen LogP contribution in [0.1, 0.15) is 42.5 Å². The van der Waals surface area contributed by atoms with E-state index in [9.17, 15) is 22.8 Å². The van der Waals surface area contributed by atoms with Crippen LogP contribution in [0.5, 0.6) is 5.75 Å². The van der Waals surface area contributed by atoms with Crippen LogP contribution in [0.25, 0.3) is 0 Å². The van der Waals surface area contributed by atoms with Gasteiger partial charge < -0.3 is 15.0 Å². The molecule has 4 aliphatic rings. The number of hydrogen-bond donors (Lipinski definition) is 1. The van der Waals surface area contributed by atoms with Crippen LogP contribution in [-0.4, -0.2) is 48.6 Å². The number of hydrogen-bond acceptors (Lipinski definition) is 3. The molecule has 2 bridgehead atoms. The van der Waals surface area contributed by atoms with E-state index in [1.54, 1.807) is 24.3 Å². The highest BCUT2D eigenvalue weighted by Gasteiger charge is 2.43. The van der Waals surface area contributed by atoms with Crippen molar-refractivity contribution in [2.24, 2.45) is 17.8 Å². The number of amides is 2. The van der Waals surface area contributed by atoms with Crippen LogP contribution >= 0.6 is 0 Å². The Hall–Kier alpha value is -2.51. The number of benzene rings is 1. The van der Waals surface area contributed by atoms with E-state index in [2.05, 4.69) is 17.5 Å². The van der Waals surface area contributed by atoms with Gasteiger partial charge in [0.1, 0.15) is 11.9 Å². The lowest BCUT2D eigenvalue weighted by atomic mass is 9.69. The normalized spacial score (nSPS) is 26.0. The summed E-state index contributed by atoms with van der Waals surface area (Å²) in [5.74, 6) is 0.230. The summed E-state index contributed by atoms with van der Waals surface area (Å²) in [5, 5.41) is 3.04. The highest BCUT2D eigenvalue weighted by atomic mass is 19.4. The van der Waals surface area contributed by atoms with Gasteiger partial charge >= 0.3 is 12.1 Å². The van der Waals surface area contributed by atoms with Crippen LogP contribution in [0.15, 0.2) is 36.4 Å². The number of carbonyl (C=O) groups is 2. The summed E-state index contributed by atoms with van der Waals surface area (Å²) in [6.45, 7) is 0.656. The molecule has 1 aromatic carbocycles. The zero-order valence-electron chi connectivity index (χ0n) is 17.2. The van der Waals surface area contributed by atoms with E-state index >= 15 is 0 Å². The van der Waals surface area contributed by atoms with E-state index < -0.39 is 12.1 Å². The van der Waals surface area contributed by atoms with Gasteiger partial charge in [0.25, 0.3) is 5.91 Å². The lowest BCUT2D eigenvalue weighted by Gasteiger charge is -2.38. The van der Waals surface area contributed by atoms with Gasteiger partial charge in [-0.05, 0) is 55.2 Å². The van der Waals surface area contributed by atoms with Gasteiger partial charge in [-0.3, -0.25) is 9.59 Å². The maximum Gasteiger partial charge on any atom is 0.471 e. The van der Waals surface area contributed by atoms with Gasteiger partial charge in [0, 0.05) is 38.0 Å². The van der Waals surface area contributed by atoms with Crippen LogP contribution < -0.4 is 10.1 Å². The van der Waals surface area contributed by atoms with Gasteiger partial charge in [0.05, 0.1) is 0 Å². The third-order valence-corrected chi connectivity index (χ3v) is 6.61. The molecule has 168 valence electrons. The zero-order chi connectivity index (χ0) is 22.0. The summed E-state index contributed by atoms with van der Waals surface area (Å²) >= 11 is 0. The van der Waals surface area contributed by atoms with Crippen molar-refractivity contribution in [1.82, 2.24) is 10.2 Å². The second kappa shape index (κ2) is 8.93. The molecule has 1 saturated heterocycles. The molecule has 2 fully saturated rings. The molecule has 1 saturated carbocycles. The summed E-state index contributed by atoms with van der Waals surface area (Å²) in [5.41, 5.74) is 0.499. The molecule has 3 atom stereocenters. The van der Waals surface area contributed by atoms with Gasteiger partial charge in [-0.15, -0.1) is 0 Å². The first-order chi connectivity index (χ1) is 14.8. The number of fused-ring (bicyclic) bond motifs is 2. The fraction of sp³-hybridized carbons (Fsp3) is 0.565. The SMILES string of the molecule is O=C(NCC1CC2C=CC1CC2)c1cccc(OC2CCN(C(=O)C(F)(F)F)CC2)c1. The quantitative estimate of drug-likeness (QED) is 0.711. The molecule has 5 nitrogen and oxygen atoms in total. The van der Waals surface area contributed by atoms with Crippen molar-refractivity contribution in [2.45, 2.75) is 44.4 Å². The number of carbonyl (C=O) groups excluding carboxylic acids is 2. The van der Waals surface area contributed by atoms with E-state index in [-0.39, 0.29) is 25.1 Å². The number of piperidine rings is 1. The highest BCUT2D eigenvalue weighted by Crippen LogP contribution is 2.40. The number of rotatable bonds is 5. The summed E-state index contributed by atoms with van der Waals surface area (Å²) in [6, 6.07) is 6.85. The number of ether oxygens (including phenoxy) is 1. The Balaban J connectivity index is 1.27. The monoisotopic (exact) mass is 436 g/mol. The van der Waals surface area contributed by atoms with Gasteiger partial charge in [0.15, 0.2) is 0 Å². The largest absolute Gasteiger partial charge is 0.490 e. The molecule has 31 heavy (non-hydrogen) atoms. The molecule has 1 heterocycles. The highest BCUT2D eigenvalue weighted by molar-refractivity contribution is 5.94. The average Bonchev–Trinajstić information content (AvgIpc) is 2.78. The first-order valence-electron chi connectivity index (χ1n) is 10.9. The van der Waals surface area contributed by atoms with Crippen molar-refractivity contribution in [1.29, 1.82) is 0 Å². The van der Waals surface area contributed by atoms with E-state index in [0.29, 0.717) is 48.5 Å². The Morgan fingerprint density at radius 1 is 1.10 bits per heavy atom. The van der Waals surface area contributed by atoms with Crippen LogP contribution in [0.4, 0.5) is 13.2 Å². The van der Waals surface area contributed by atoms with Crippen molar-refractivity contribution >= 4 is 11.8 Å². The predicted octanol–water partition coefficient (Wildman–Crippen LogP) is 3.95. The number of alkyl halides is 3. The van der Waals surface area contributed by atoms with E-state index in [1.807, 2.05) is 0 Å². The first kappa shape index (κ1) is 21.7. The van der Waals surface area contributed by atoms with Crippen molar-refractivity contribution in [3.8, 4) is 5.75 Å². The van der Waals surface area contributed by atoms with Crippen molar-refractivity contribution in [3.05, 3.63) is 42.0 Å². The summed E-state index contributed by atoms with van der Waals surface area (Å²) in [7, 11) is 0. The van der Waals surface area contributed by atoms with E-state index in [1.165, 1.54) is 12.8 Å². The molecule has 1 aromatic rings. The minimum Gasteiger partial charge on any atom is -0.490 e.